The first kappa shape index (κ1) is 21.0. The number of carbonyl (C=O) groups is 1. The van der Waals surface area contributed by atoms with Crippen LogP contribution in [0, 0.1) is 18.6 Å². The zero-order valence-electron chi connectivity index (χ0n) is 17.7. The third kappa shape index (κ3) is 3.80. The van der Waals surface area contributed by atoms with Crippen LogP contribution in [0.15, 0.2) is 70.2 Å². The third-order valence-corrected chi connectivity index (χ3v) is 6.35. The first-order valence-electron chi connectivity index (χ1n) is 10.1. The Morgan fingerprint density at radius 1 is 1.09 bits per heavy atom. The molecule has 166 valence electrons. The van der Waals surface area contributed by atoms with Crippen molar-refractivity contribution in [3.05, 3.63) is 94.3 Å². The number of urea groups is 1. The summed E-state index contributed by atoms with van der Waals surface area (Å²) in [5.74, 6) is -0.0858. The predicted molar refractivity (Wildman–Crippen MR) is 121 cm³/mol. The van der Waals surface area contributed by atoms with E-state index in [-0.39, 0.29) is 17.5 Å². The van der Waals surface area contributed by atoms with Gasteiger partial charge in [-0.15, -0.1) is 11.3 Å². The molecular weight excluding hydrogens is 446 g/mol. The molecule has 0 radical (unpaired) electrons. The van der Waals surface area contributed by atoms with E-state index in [1.54, 1.807) is 32.0 Å². The molecule has 33 heavy (non-hydrogen) atoms. The summed E-state index contributed by atoms with van der Waals surface area (Å²) in [6.07, 6.45) is 0. The molecule has 0 fully saturated rings. The maximum Gasteiger partial charge on any atom is 0.326 e. The number of nitrogens with zero attached hydrogens (tertiary/aromatic N) is 3. The minimum absolute atomic E-state index is 0.231. The molecule has 1 N–H and O–H groups in total. The summed E-state index contributed by atoms with van der Waals surface area (Å²) in [4.78, 5) is 20.0. The van der Waals surface area contributed by atoms with Gasteiger partial charge in [-0.3, -0.25) is 4.90 Å². The summed E-state index contributed by atoms with van der Waals surface area (Å²) in [5.41, 5.74) is 2.67. The van der Waals surface area contributed by atoms with Gasteiger partial charge in [0, 0.05) is 5.70 Å². The van der Waals surface area contributed by atoms with Gasteiger partial charge in [0.15, 0.2) is 0 Å². The molecule has 2 amide bonds. The summed E-state index contributed by atoms with van der Waals surface area (Å²) in [6.45, 7) is 3.39. The molecule has 0 spiro atoms. The van der Waals surface area contributed by atoms with Crippen molar-refractivity contribution in [3.8, 4) is 10.7 Å². The van der Waals surface area contributed by atoms with Gasteiger partial charge in [0.1, 0.15) is 11.6 Å². The van der Waals surface area contributed by atoms with Crippen LogP contribution >= 0.6 is 11.3 Å². The average Bonchev–Trinajstić information content (AvgIpc) is 3.48. The van der Waals surface area contributed by atoms with Crippen LogP contribution in [-0.4, -0.2) is 16.2 Å². The molecule has 5 rings (SSSR count). The number of rotatable bonds is 4. The quantitative estimate of drug-likeness (QED) is 0.397. The molecule has 1 aliphatic heterocycles. The van der Waals surface area contributed by atoms with Gasteiger partial charge in [-0.1, -0.05) is 23.4 Å². The van der Waals surface area contributed by atoms with Crippen molar-refractivity contribution in [3.63, 3.8) is 0 Å². The van der Waals surface area contributed by atoms with E-state index in [0.717, 1.165) is 4.88 Å². The summed E-state index contributed by atoms with van der Waals surface area (Å²) in [5, 5.41) is 8.96. The van der Waals surface area contributed by atoms with Crippen molar-refractivity contribution in [1.82, 2.24) is 15.5 Å². The number of hydrogen-bond acceptors (Lipinski definition) is 5. The van der Waals surface area contributed by atoms with Crippen molar-refractivity contribution < 1.29 is 18.1 Å². The topological polar surface area (TPSA) is 71.3 Å². The Morgan fingerprint density at radius 2 is 1.88 bits per heavy atom. The number of thiophene rings is 1. The second-order valence-corrected chi connectivity index (χ2v) is 8.55. The molecule has 1 aliphatic rings. The molecule has 1 atom stereocenters. The number of amides is 2. The lowest BCUT2D eigenvalue weighted by molar-refractivity contribution is 0.244. The Hall–Kier alpha value is -3.85. The van der Waals surface area contributed by atoms with Crippen LogP contribution in [0.1, 0.15) is 30.0 Å². The lowest BCUT2D eigenvalue weighted by Gasteiger charge is -2.35. The molecule has 0 saturated carbocycles. The highest BCUT2D eigenvalue weighted by Crippen LogP contribution is 2.39. The normalized spacial score (nSPS) is 16.3. The fraction of sp³-hybridized carbons (Fsp3) is 0.125. The van der Waals surface area contributed by atoms with Gasteiger partial charge < -0.3 is 9.84 Å². The molecule has 2 aromatic heterocycles. The zero-order chi connectivity index (χ0) is 23.1. The Kier molecular flexibility index (Phi) is 5.26. The van der Waals surface area contributed by atoms with Crippen LogP contribution in [0.2, 0.25) is 0 Å². The number of anilines is 1. The molecule has 0 saturated heterocycles. The highest BCUT2D eigenvalue weighted by molar-refractivity contribution is 7.13. The lowest BCUT2D eigenvalue weighted by atomic mass is 9.94. The van der Waals surface area contributed by atoms with Gasteiger partial charge in [0.05, 0.1) is 22.2 Å². The number of hydrogen-bond donors (Lipinski definition) is 1. The molecule has 9 heteroatoms. The maximum atomic E-state index is 13.9. The molecule has 0 aliphatic carbocycles. The highest BCUT2D eigenvalue weighted by Gasteiger charge is 2.36. The van der Waals surface area contributed by atoms with Crippen molar-refractivity contribution in [2.24, 2.45) is 0 Å². The van der Waals surface area contributed by atoms with Crippen LogP contribution in [0.3, 0.4) is 0 Å². The number of carbonyl (C=O) groups excluding carboxylic acids is 1. The van der Waals surface area contributed by atoms with Crippen LogP contribution in [0.25, 0.3) is 16.3 Å². The fourth-order valence-corrected chi connectivity index (χ4v) is 4.49. The number of allylic oxidation sites excluding steroid dienone is 1. The van der Waals surface area contributed by atoms with E-state index < -0.39 is 12.1 Å². The Labute approximate surface area is 192 Å². The van der Waals surface area contributed by atoms with Gasteiger partial charge in [-0.25, -0.2) is 13.6 Å². The SMILES string of the molecule is CC1=C(c2nc(-c3cccs3)no2)C(c2ccc(F)cc2)NC(=O)N1c1ccc(F)c(C)c1. The first-order valence-corrected chi connectivity index (χ1v) is 11.0. The second kappa shape index (κ2) is 8.25. The van der Waals surface area contributed by atoms with E-state index >= 15 is 0 Å². The lowest BCUT2D eigenvalue weighted by Crippen LogP contribution is -2.46. The summed E-state index contributed by atoms with van der Waals surface area (Å²) >= 11 is 1.48. The summed E-state index contributed by atoms with van der Waals surface area (Å²) in [6, 6.07) is 13.0. The van der Waals surface area contributed by atoms with Gasteiger partial charge in [-0.2, -0.15) is 4.98 Å². The Bertz CT molecular complexity index is 1360. The van der Waals surface area contributed by atoms with E-state index in [2.05, 4.69) is 15.5 Å². The molecular formula is C24H18F2N4O2S. The molecule has 3 heterocycles. The van der Waals surface area contributed by atoms with Gasteiger partial charge >= 0.3 is 6.03 Å². The van der Waals surface area contributed by atoms with E-state index in [1.165, 1.54) is 40.5 Å². The van der Waals surface area contributed by atoms with Gasteiger partial charge in [0.25, 0.3) is 5.89 Å². The van der Waals surface area contributed by atoms with Crippen LogP contribution in [-0.2, 0) is 0 Å². The smallest absolute Gasteiger partial charge is 0.326 e. The van der Waals surface area contributed by atoms with Crippen LogP contribution < -0.4 is 10.2 Å². The molecule has 0 bridgehead atoms. The van der Waals surface area contributed by atoms with Gasteiger partial charge in [0.2, 0.25) is 5.82 Å². The van der Waals surface area contributed by atoms with E-state index in [1.807, 2.05) is 17.5 Å². The second-order valence-electron chi connectivity index (χ2n) is 7.60. The monoisotopic (exact) mass is 464 g/mol. The summed E-state index contributed by atoms with van der Waals surface area (Å²) in [7, 11) is 0. The fourth-order valence-electron chi connectivity index (χ4n) is 3.84. The Morgan fingerprint density at radius 3 is 2.58 bits per heavy atom. The predicted octanol–water partition coefficient (Wildman–Crippen LogP) is 6.09. The minimum atomic E-state index is -0.646. The number of benzene rings is 2. The van der Waals surface area contributed by atoms with E-state index in [0.29, 0.717) is 33.9 Å². The van der Waals surface area contributed by atoms with Crippen molar-refractivity contribution in [2.75, 3.05) is 4.90 Å². The largest absolute Gasteiger partial charge is 0.334 e. The van der Waals surface area contributed by atoms with Crippen LogP contribution in [0.4, 0.5) is 19.3 Å². The van der Waals surface area contributed by atoms with Crippen molar-refractivity contribution >= 4 is 28.6 Å². The molecule has 1 unspecified atom stereocenters. The molecule has 6 nitrogen and oxygen atoms in total. The number of aryl methyl sites for hydroxylation is 1. The standard InChI is InChI=1S/C24H18F2N4O2S/c1-13-12-17(9-10-18(13)26)30-14(2)20(23-28-22(29-32-23)19-4-3-11-33-19)21(27-24(30)31)15-5-7-16(25)8-6-15/h3-12,21H,1-2H3,(H,27,31). The number of nitrogens with one attached hydrogen (secondary N) is 1. The first-order chi connectivity index (χ1) is 15.9. The van der Waals surface area contributed by atoms with Crippen LogP contribution in [0.5, 0.6) is 0 Å². The number of halogens is 2. The maximum absolute atomic E-state index is 13.9. The van der Waals surface area contributed by atoms with E-state index in [4.69, 9.17) is 4.52 Å². The van der Waals surface area contributed by atoms with Crippen molar-refractivity contribution in [2.45, 2.75) is 19.9 Å². The zero-order valence-corrected chi connectivity index (χ0v) is 18.5. The minimum Gasteiger partial charge on any atom is -0.334 e. The molecule has 2 aromatic carbocycles. The average molecular weight is 464 g/mol. The molecule has 4 aromatic rings. The highest BCUT2D eigenvalue weighted by atomic mass is 32.1. The van der Waals surface area contributed by atoms with Gasteiger partial charge in [-0.05, 0) is 66.8 Å². The Balaban J connectivity index is 1.67. The van der Waals surface area contributed by atoms with Crippen molar-refractivity contribution in [1.29, 1.82) is 0 Å². The van der Waals surface area contributed by atoms with E-state index in [9.17, 15) is 13.6 Å². The third-order valence-electron chi connectivity index (χ3n) is 5.49. The summed E-state index contributed by atoms with van der Waals surface area (Å²) < 4.78 is 33.0. The number of aromatic nitrogens is 2.